The molecule has 0 fully saturated rings. The molecule has 8 heteroatoms. The Bertz CT molecular complexity index is 517. The fraction of sp³-hybridized carbons (Fsp3) is 0.870. The number of carbonyl (C=O) groups is 3. The molecule has 0 aromatic carbocycles. The average Bonchev–Trinajstić information content (AvgIpc) is 2.67. The Morgan fingerprint density at radius 2 is 1.48 bits per heavy atom. The van der Waals surface area contributed by atoms with E-state index in [0.29, 0.717) is 25.7 Å². The second-order valence-electron chi connectivity index (χ2n) is 8.90. The minimum atomic E-state index is -0.883. The molecular weight excluding hydrogens is 402 g/mol. The summed E-state index contributed by atoms with van der Waals surface area (Å²) < 4.78 is 16.5. The molecule has 0 bridgehead atoms. The van der Waals surface area contributed by atoms with Gasteiger partial charge in [-0.3, -0.25) is 9.59 Å². The van der Waals surface area contributed by atoms with Gasteiger partial charge in [0.25, 0.3) is 0 Å². The van der Waals surface area contributed by atoms with E-state index in [1.165, 1.54) is 19.3 Å². The van der Waals surface area contributed by atoms with Gasteiger partial charge in [-0.1, -0.05) is 46.0 Å². The summed E-state index contributed by atoms with van der Waals surface area (Å²) in [6.07, 6.45) is 7.40. The third-order valence-corrected chi connectivity index (χ3v) is 4.98. The van der Waals surface area contributed by atoms with Crippen molar-refractivity contribution in [1.29, 1.82) is 0 Å². The Morgan fingerprint density at radius 3 is 2.06 bits per heavy atom. The predicted octanol–water partition coefficient (Wildman–Crippen LogP) is 3.56. The van der Waals surface area contributed by atoms with Crippen LogP contribution in [0.5, 0.6) is 0 Å². The molecule has 0 spiro atoms. The summed E-state index contributed by atoms with van der Waals surface area (Å²) in [6, 6.07) is -0.601. The SMILES string of the molecule is CCCCCCCCC(=O)OC(COCCC(C(=O)O)[N+](C)(C)C)COC(=O)CCC. The van der Waals surface area contributed by atoms with Gasteiger partial charge >= 0.3 is 17.9 Å². The number of ether oxygens (including phenoxy) is 3. The van der Waals surface area contributed by atoms with Crippen LogP contribution in [0.4, 0.5) is 0 Å². The maximum Gasteiger partial charge on any atom is 0.362 e. The summed E-state index contributed by atoms with van der Waals surface area (Å²) in [7, 11) is 5.45. The number of rotatable bonds is 19. The van der Waals surface area contributed by atoms with Gasteiger partial charge in [0.2, 0.25) is 0 Å². The first-order valence-corrected chi connectivity index (χ1v) is 11.6. The number of aliphatic carboxylic acids is 1. The van der Waals surface area contributed by atoms with Crippen LogP contribution in [0.1, 0.15) is 78.1 Å². The van der Waals surface area contributed by atoms with Gasteiger partial charge in [-0.05, 0) is 12.8 Å². The Hall–Kier alpha value is -1.67. The van der Waals surface area contributed by atoms with Crippen molar-refractivity contribution in [3.05, 3.63) is 0 Å². The molecular formula is C23H44NO7+. The van der Waals surface area contributed by atoms with Gasteiger partial charge in [-0.2, -0.15) is 0 Å². The molecule has 2 unspecified atom stereocenters. The second kappa shape index (κ2) is 17.0. The minimum absolute atomic E-state index is 0.0568. The largest absolute Gasteiger partial charge is 0.477 e. The van der Waals surface area contributed by atoms with E-state index in [1.807, 2.05) is 28.1 Å². The van der Waals surface area contributed by atoms with E-state index in [1.54, 1.807) is 0 Å². The summed E-state index contributed by atoms with van der Waals surface area (Å²) in [4.78, 5) is 35.3. The molecule has 0 aliphatic carbocycles. The summed E-state index contributed by atoms with van der Waals surface area (Å²) in [5.41, 5.74) is 0. The molecule has 0 aliphatic heterocycles. The summed E-state index contributed by atoms with van der Waals surface area (Å²) in [5, 5.41) is 9.38. The number of hydrogen-bond donors (Lipinski definition) is 1. The molecule has 31 heavy (non-hydrogen) atoms. The number of hydrogen-bond acceptors (Lipinski definition) is 6. The molecule has 0 heterocycles. The maximum atomic E-state index is 12.2. The van der Waals surface area contributed by atoms with Crippen LogP contribution in [0.25, 0.3) is 0 Å². The van der Waals surface area contributed by atoms with Crippen LogP contribution in [0.3, 0.4) is 0 Å². The van der Waals surface area contributed by atoms with Gasteiger partial charge in [0.15, 0.2) is 12.1 Å². The van der Waals surface area contributed by atoms with E-state index in [0.717, 1.165) is 19.3 Å². The number of likely N-dealkylation sites (N-methyl/N-ethyl adjacent to an activating group) is 1. The smallest absolute Gasteiger partial charge is 0.362 e. The Balaban J connectivity index is 4.50. The number of carboxylic acid groups (broad SMARTS) is 1. The zero-order valence-electron chi connectivity index (χ0n) is 20.2. The van der Waals surface area contributed by atoms with Crippen molar-refractivity contribution in [2.75, 3.05) is 41.0 Å². The highest BCUT2D eigenvalue weighted by Gasteiger charge is 2.31. The number of nitrogens with zero attached hydrogens (tertiary/aromatic N) is 1. The van der Waals surface area contributed by atoms with Crippen molar-refractivity contribution in [2.24, 2.45) is 0 Å². The van der Waals surface area contributed by atoms with Gasteiger partial charge in [-0.15, -0.1) is 0 Å². The van der Waals surface area contributed by atoms with Gasteiger partial charge < -0.3 is 23.8 Å². The van der Waals surface area contributed by atoms with Crippen molar-refractivity contribution < 1.29 is 38.2 Å². The van der Waals surface area contributed by atoms with E-state index in [-0.39, 0.29) is 36.2 Å². The highest BCUT2D eigenvalue weighted by molar-refractivity contribution is 5.72. The van der Waals surface area contributed by atoms with Gasteiger partial charge in [0.1, 0.15) is 6.61 Å². The van der Waals surface area contributed by atoms with Crippen LogP contribution in [-0.2, 0) is 28.6 Å². The van der Waals surface area contributed by atoms with Crippen LogP contribution >= 0.6 is 0 Å². The highest BCUT2D eigenvalue weighted by atomic mass is 16.6. The van der Waals surface area contributed by atoms with E-state index >= 15 is 0 Å². The standard InChI is InChI=1S/C23H43NO7/c1-6-8-9-10-11-12-14-22(26)31-19(18-30-21(25)13-7-2)17-29-16-15-20(23(27)28)24(3,4)5/h19-20H,6-18H2,1-5H3/p+1. The Kier molecular flexibility index (Phi) is 16.0. The minimum Gasteiger partial charge on any atom is -0.477 e. The lowest BCUT2D eigenvalue weighted by atomic mass is 10.1. The summed E-state index contributed by atoms with van der Waals surface area (Å²) >= 11 is 0. The molecule has 0 saturated carbocycles. The predicted molar refractivity (Wildman–Crippen MR) is 119 cm³/mol. The third-order valence-electron chi connectivity index (χ3n) is 4.98. The fourth-order valence-corrected chi connectivity index (χ4v) is 3.12. The first-order valence-electron chi connectivity index (χ1n) is 11.6. The van der Waals surface area contributed by atoms with Gasteiger partial charge in [0, 0.05) is 19.3 Å². The second-order valence-corrected chi connectivity index (χ2v) is 8.90. The van der Waals surface area contributed by atoms with Gasteiger partial charge in [0.05, 0.1) is 34.4 Å². The molecule has 1 N–H and O–H groups in total. The number of quaternary nitrogens is 1. The van der Waals surface area contributed by atoms with Crippen LogP contribution in [-0.4, -0.2) is 80.6 Å². The lowest BCUT2D eigenvalue weighted by Gasteiger charge is -2.31. The first-order chi connectivity index (χ1) is 14.6. The summed E-state index contributed by atoms with van der Waals surface area (Å²) in [6.45, 7) is 4.26. The van der Waals surface area contributed by atoms with Crippen molar-refractivity contribution in [3.63, 3.8) is 0 Å². The first kappa shape index (κ1) is 29.3. The van der Waals surface area contributed by atoms with E-state index in [9.17, 15) is 19.5 Å². The molecule has 0 aliphatic rings. The van der Waals surface area contributed by atoms with Gasteiger partial charge in [-0.25, -0.2) is 4.79 Å². The number of carbonyl (C=O) groups excluding carboxylic acids is 2. The monoisotopic (exact) mass is 446 g/mol. The number of unbranched alkanes of at least 4 members (excludes halogenated alkanes) is 5. The molecule has 182 valence electrons. The number of esters is 2. The normalized spacial score (nSPS) is 13.5. The molecule has 8 nitrogen and oxygen atoms in total. The fourth-order valence-electron chi connectivity index (χ4n) is 3.12. The highest BCUT2D eigenvalue weighted by Crippen LogP contribution is 2.11. The topological polar surface area (TPSA) is 99.1 Å². The van der Waals surface area contributed by atoms with Crippen molar-refractivity contribution in [3.8, 4) is 0 Å². The summed E-state index contributed by atoms with van der Waals surface area (Å²) in [5.74, 6) is -1.55. The molecule has 0 aromatic rings. The number of carboxylic acids is 1. The van der Waals surface area contributed by atoms with E-state index in [2.05, 4.69) is 6.92 Å². The third kappa shape index (κ3) is 15.7. The lowest BCUT2D eigenvalue weighted by molar-refractivity contribution is -0.887. The molecule has 0 rings (SSSR count). The van der Waals surface area contributed by atoms with E-state index in [4.69, 9.17) is 14.2 Å². The molecule has 0 amide bonds. The van der Waals surface area contributed by atoms with Crippen LogP contribution < -0.4 is 0 Å². The molecule has 0 radical (unpaired) electrons. The van der Waals surface area contributed by atoms with E-state index < -0.39 is 18.1 Å². The van der Waals surface area contributed by atoms with Crippen LogP contribution in [0.2, 0.25) is 0 Å². The van der Waals surface area contributed by atoms with Crippen molar-refractivity contribution >= 4 is 17.9 Å². The molecule has 2 atom stereocenters. The zero-order valence-corrected chi connectivity index (χ0v) is 20.2. The van der Waals surface area contributed by atoms with Crippen LogP contribution in [0.15, 0.2) is 0 Å². The molecule has 0 aromatic heterocycles. The molecule has 0 saturated heterocycles. The van der Waals surface area contributed by atoms with Crippen molar-refractivity contribution in [2.45, 2.75) is 90.2 Å². The average molecular weight is 447 g/mol. The lowest BCUT2D eigenvalue weighted by Crippen LogP contribution is -2.50. The van der Waals surface area contributed by atoms with Crippen LogP contribution in [0, 0.1) is 0 Å². The zero-order chi connectivity index (χ0) is 23.7. The Labute approximate surface area is 187 Å². The quantitative estimate of drug-likeness (QED) is 0.184. The maximum absolute atomic E-state index is 12.2. The Morgan fingerprint density at radius 1 is 0.839 bits per heavy atom. The van der Waals surface area contributed by atoms with Crippen molar-refractivity contribution in [1.82, 2.24) is 0 Å².